The van der Waals surface area contributed by atoms with Crippen molar-refractivity contribution in [3.05, 3.63) is 29.8 Å². The van der Waals surface area contributed by atoms with E-state index in [2.05, 4.69) is 10.5 Å². The van der Waals surface area contributed by atoms with Crippen molar-refractivity contribution in [3.63, 3.8) is 0 Å². The quantitative estimate of drug-likeness (QED) is 0.889. The van der Waals surface area contributed by atoms with E-state index in [0.29, 0.717) is 11.3 Å². The van der Waals surface area contributed by atoms with E-state index < -0.39 is 10.8 Å². The van der Waals surface area contributed by atoms with Gasteiger partial charge in [-0.25, -0.2) is 5.43 Å². The summed E-state index contributed by atoms with van der Waals surface area (Å²) >= 11 is 0. The Labute approximate surface area is 119 Å². The molecule has 0 radical (unpaired) electrons. The largest absolute Gasteiger partial charge is 0.507 e. The smallest absolute Gasteiger partial charge is 0.240 e. The number of carbonyl (C=O) groups is 1. The molecule has 0 aromatic heterocycles. The summed E-state index contributed by atoms with van der Waals surface area (Å²) in [5.74, 6) is -0.00185. The number of hydrazone groups is 1. The van der Waals surface area contributed by atoms with Crippen LogP contribution >= 0.6 is 0 Å². The van der Waals surface area contributed by atoms with E-state index in [4.69, 9.17) is 0 Å². The molecule has 0 spiro atoms. The Morgan fingerprint density at radius 2 is 2.20 bits per heavy atom. The maximum Gasteiger partial charge on any atom is 0.240 e. The molecule has 0 bridgehead atoms. The van der Waals surface area contributed by atoms with Gasteiger partial charge in [0.25, 0.3) is 0 Å². The van der Waals surface area contributed by atoms with Crippen LogP contribution in [0.1, 0.15) is 18.9 Å². The molecule has 6 heteroatoms. The molecule has 20 heavy (non-hydrogen) atoms. The average molecular weight is 292 g/mol. The second-order valence-electron chi connectivity index (χ2n) is 4.69. The van der Waals surface area contributed by atoms with Gasteiger partial charge in [-0.3, -0.25) is 9.00 Å². The lowest BCUT2D eigenvalue weighted by Crippen LogP contribution is -2.30. The molecule has 0 saturated carbocycles. The van der Waals surface area contributed by atoms with Crippen molar-refractivity contribution in [1.82, 2.24) is 5.43 Å². The number of amides is 1. The van der Waals surface area contributed by atoms with Crippen LogP contribution in [-0.4, -0.2) is 27.2 Å². The van der Waals surface area contributed by atoms with Crippen LogP contribution in [0.2, 0.25) is 0 Å². The van der Waals surface area contributed by atoms with Crippen molar-refractivity contribution >= 4 is 28.5 Å². The number of benzene rings is 1. The van der Waals surface area contributed by atoms with Crippen molar-refractivity contribution in [1.29, 1.82) is 0 Å². The summed E-state index contributed by atoms with van der Waals surface area (Å²) in [6.45, 7) is 1.93. The highest BCUT2D eigenvalue weighted by Crippen LogP contribution is 2.22. The number of carbonyl (C=O) groups excluding carboxylic acids is 1. The molecule has 106 valence electrons. The molecule has 0 fully saturated rings. The first kappa shape index (κ1) is 14.5. The molecule has 2 unspecified atom stereocenters. The van der Waals surface area contributed by atoms with E-state index in [-0.39, 0.29) is 17.6 Å². The van der Waals surface area contributed by atoms with Crippen molar-refractivity contribution in [2.45, 2.75) is 18.2 Å². The second kappa shape index (κ2) is 6.00. The normalized spacial score (nSPS) is 20.6. The zero-order valence-corrected chi connectivity index (χ0v) is 12.1. The third-order valence-electron chi connectivity index (χ3n) is 3.05. The minimum absolute atomic E-state index is 0.0138. The fourth-order valence-electron chi connectivity index (χ4n) is 1.93. The number of rotatable bonds is 3. The number of nitrogens with one attached hydrogen (secondary N) is 1. The molecule has 5 nitrogen and oxygen atoms in total. The van der Waals surface area contributed by atoms with Crippen LogP contribution in [0.15, 0.2) is 34.3 Å². The van der Waals surface area contributed by atoms with Crippen LogP contribution in [0.25, 0.3) is 6.08 Å². The maximum atomic E-state index is 11.3. The first-order chi connectivity index (χ1) is 9.47. The van der Waals surface area contributed by atoms with Crippen molar-refractivity contribution in [3.8, 4) is 5.75 Å². The molecule has 1 heterocycles. The molecule has 2 atom stereocenters. The van der Waals surface area contributed by atoms with Gasteiger partial charge in [0, 0.05) is 18.6 Å². The van der Waals surface area contributed by atoms with Gasteiger partial charge in [0.05, 0.1) is 21.4 Å². The number of aromatic hydroxyl groups is 1. The Hall–Kier alpha value is -1.95. The summed E-state index contributed by atoms with van der Waals surface area (Å²) in [7, 11) is -1.21. The van der Waals surface area contributed by atoms with Gasteiger partial charge in [0.2, 0.25) is 5.91 Å². The zero-order chi connectivity index (χ0) is 14.7. The Balaban J connectivity index is 2.18. The molecular weight excluding hydrogens is 276 g/mol. The van der Waals surface area contributed by atoms with Crippen LogP contribution in [0.4, 0.5) is 0 Å². The Kier molecular flexibility index (Phi) is 4.34. The Bertz CT molecular complexity index is 623. The molecule has 0 saturated heterocycles. The molecule has 1 aromatic carbocycles. The summed E-state index contributed by atoms with van der Waals surface area (Å²) in [5, 5.41) is 13.8. The van der Waals surface area contributed by atoms with Gasteiger partial charge in [0.1, 0.15) is 5.75 Å². The van der Waals surface area contributed by atoms with Gasteiger partial charge in [0.15, 0.2) is 0 Å². The van der Waals surface area contributed by atoms with Gasteiger partial charge in [-0.15, -0.1) is 0 Å². The summed E-state index contributed by atoms with van der Waals surface area (Å²) in [5.41, 5.74) is 4.01. The van der Waals surface area contributed by atoms with Gasteiger partial charge in [-0.2, -0.15) is 5.10 Å². The highest BCUT2D eigenvalue weighted by atomic mass is 32.2. The van der Waals surface area contributed by atoms with Crippen molar-refractivity contribution in [2.75, 3.05) is 6.26 Å². The molecule has 0 aliphatic carbocycles. The highest BCUT2D eigenvalue weighted by Gasteiger charge is 2.17. The van der Waals surface area contributed by atoms with Gasteiger partial charge in [-0.1, -0.05) is 19.1 Å². The van der Waals surface area contributed by atoms with E-state index >= 15 is 0 Å². The van der Waals surface area contributed by atoms with Gasteiger partial charge < -0.3 is 5.11 Å². The molecular formula is C14H16N2O3S. The first-order valence-electron chi connectivity index (χ1n) is 6.18. The predicted molar refractivity (Wildman–Crippen MR) is 78.8 cm³/mol. The number of nitrogens with zero attached hydrogens (tertiary/aromatic N) is 1. The number of hydrogen-bond donors (Lipinski definition) is 2. The van der Waals surface area contributed by atoms with Crippen LogP contribution < -0.4 is 5.43 Å². The summed E-state index contributed by atoms with van der Waals surface area (Å²) in [4.78, 5) is 11.5. The van der Waals surface area contributed by atoms with Gasteiger partial charge >= 0.3 is 0 Å². The molecule has 1 aromatic rings. The maximum absolute atomic E-state index is 11.3. The van der Waals surface area contributed by atoms with E-state index in [1.165, 1.54) is 6.26 Å². The minimum atomic E-state index is -1.21. The lowest BCUT2D eigenvalue weighted by Gasteiger charge is -2.16. The molecule has 2 N–H and O–H groups in total. The number of hydrogen-bond acceptors (Lipinski definition) is 4. The topological polar surface area (TPSA) is 78.8 Å². The summed E-state index contributed by atoms with van der Waals surface area (Å²) < 4.78 is 11.3. The minimum Gasteiger partial charge on any atom is -0.507 e. The average Bonchev–Trinajstić information content (AvgIpc) is 2.37. The van der Waals surface area contributed by atoms with E-state index in [1.54, 1.807) is 24.3 Å². The predicted octanol–water partition coefficient (Wildman–Crippen LogP) is 1.65. The lowest BCUT2D eigenvalue weighted by atomic mass is 9.99. The van der Waals surface area contributed by atoms with Crippen molar-refractivity contribution in [2.24, 2.45) is 11.0 Å². The molecule has 1 amide bonds. The van der Waals surface area contributed by atoms with Crippen LogP contribution in [-0.2, 0) is 15.6 Å². The van der Waals surface area contributed by atoms with Crippen molar-refractivity contribution < 1.29 is 14.1 Å². The molecule has 1 aliphatic rings. The second-order valence-corrected chi connectivity index (χ2v) is 6.04. The first-order valence-corrected chi connectivity index (χ1v) is 7.74. The number of phenols is 1. The van der Waals surface area contributed by atoms with Crippen LogP contribution in [0.3, 0.4) is 0 Å². The fourth-order valence-corrected chi connectivity index (χ4v) is 2.54. The third kappa shape index (κ3) is 3.33. The SMILES string of the molecule is CC1CC(=O)NN=C1C=Cc1ccc(S(C)=O)c(O)c1. The standard InChI is InChI=1S/C14H16N2O3S/c1-9-7-14(18)16-15-11(9)5-3-10-4-6-13(20(2)19)12(17)8-10/h3-6,8-9,17H,7H2,1-2H3,(H,16,18). The summed E-state index contributed by atoms with van der Waals surface area (Å²) in [6.07, 6.45) is 5.55. The number of allylic oxidation sites excluding steroid dienone is 1. The lowest BCUT2D eigenvalue weighted by molar-refractivity contribution is -0.121. The van der Waals surface area contributed by atoms with E-state index in [9.17, 15) is 14.1 Å². The Morgan fingerprint density at radius 1 is 1.45 bits per heavy atom. The molecule has 2 rings (SSSR count). The van der Waals surface area contributed by atoms with Gasteiger partial charge in [-0.05, 0) is 23.8 Å². The number of phenolic OH excluding ortho intramolecular Hbond substituents is 1. The fraction of sp³-hybridized carbons (Fsp3) is 0.286. The summed E-state index contributed by atoms with van der Waals surface area (Å²) in [6, 6.07) is 4.97. The molecule has 1 aliphatic heterocycles. The van der Waals surface area contributed by atoms with E-state index in [0.717, 1.165) is 11.3 Å². The van der Waals surface area contributed by atoms with E-state index in [1.807, 2.05) is 13.0 Å². The van der Waals surface area contributed by atoms with Crippen LogP contribution in [0, 0.1) is 5.92 Å². The third-order valence-corrected chi connectivity index (χ3v) is 4.01. The highest BCUT2D eigenvalue weighted by molar-refractivity contribution is 7.84. The zero-order valence-electron chi connectivity index (χ0n) is 11.3. The van der Waals surface area contributed by atoms with Crippen LogP contribution in [0.5, 0.6) is 5.75 Å². The Morgan fingerprint density at radius 3 is 2.80 bits per heavy atom. The monoisotopic (exact) mass is 292 g/mol.